The highest BCUT2D eigenvalue weighted by molar-refractivity contribution is 9.10. The second-order valence-corrected chi connectivity index (χ2v) is 4.58. The van der Waals surface area contributed by atoms with Gasteiger partial charge in [-0.15, -0.1) is 0 Å². The zero-order chi connectivity index (χ0) is 12.8. The van der Waals surface area contributed by atoms with Crippen LogP contribution in [0.5, 0.6) is 5.75 Å². The molecule has 0 saturated heterocycles. The van der Waals surface area contributed by atoms with Gasteiger partial charge in [0.25, 0.3) is 0 Å². The molecule has 0 fully saturated rings. The molecule has 0 bridgehead atoms. The van der Waals surface area contributed by atoms with E-state index in [0.29, 0.717) is 17.9 Å². The number of halogens is 1. The first-order valence-electron chi connectivity index (χ1n) is 5.48. The maximum Gasteiger partial charge on any atom is 0.241 e. The lowest BCUT2D eigenvalue weighted by Gasteiger charge is -2.13. The highest BCUT2D eigenvalue weighted by Crippen LogP contribution is 2.27. The van der Waals surface area contributed by atoms with Crippen molar-refractivity contribution in [2.75, 3.05) is 12.4 Å². The number of nitrogens with two attached hydrogens (primary N) is 1. The molecule has 1 amide bonds. The Labute approximate surface area is 110 Å². The Morgan fingerprint density at radius 3 is 2.88 bits per heavy atom. The zero-order valence-corrected chi connectivity index (χ0v) is 11.6. The molecule has 17 heavy (non-hydrogen) atoms. The fraction of sp³-hybridized carbons (Fsp3) is 0.417. The van der Waals surface area contributed by atoms with Gasteiger partial charge in [0.1, 0.15) is 5.75 Å². The lowest BCUT2D eigenvalue weighted by molar-refractivity contribution is -0.117. The quantitative estimate of drug-likeness (QED) is 0.878. The third-order valence-corrected chi connectivity index (χ3v) is 3.06. The van der Waals surface area contributed by atoms with E-state index in [1.165, 1.54) is 0 Å². The summed E-state index contributed by atoms with van der Waals surface area (Å²) in [6.07, 6.45) is 1.56. The van der Waals surface area contributed by atoms with Gasteiger partial charge in [-0.25, -0.2) is 0 Å². The molecular formula is C12H17BrN2O2. The van der Waals surface area contributed by atoms with Gasteiger partial charge >= 0.3 is 0 Å². The topological polar surface area (TPSA) is 64.4 Å². The van der Waals surface area contributed by atoms with Gasteiger partial charge < -0.3 is 15.8 Å². The van der Waals surface area contributed by atoms with E-state index >= 15 is 0 Å². The van der Waals surface area contributed by atoms with Gasteiger partial charge in [0.05, 0.1) is 18.8 Å². The van der Waals surface area contributed by atoms with E-state index in [4.69, 9.17) is 10.5 Å². The maximum absolute atomic E-state index is 11.8. The Hall–Kier alpha value is -1.07. The highest BCUT2D eigenvalue weighted by Gasteiger charge is 2.13. The molecule has 94 valence electrons. The molecule has 0 radical (unpaired) electrons. The van der Waals surface area contributed by atoms with Crippen LogP contribution in [-0.4, -0.2) is 19.1 Å². The molecule has 1 atom stereocenters. The van der Waals surface area contributed by atoms with Gasteiger partial charge in [-0.3, -0.25) is 4.79 Å². The van der Waals surface area contributed by atoms with E-state index in [2.05, 4.69) is 21.2 Å². The number of methoxy groups -OCH3 is 1. The summed E-state index contributed by atoms with van der Waals surface area (Å²) in [4.78, 5) is 11.8. The Morgan fingerprint density at radius 2 is 2.29 bits per heavy atom. The van der Waals surface area contributed by atoms with Crippen molar-refractivity contribution in [2.45, 2.75) is 25.8 Å². The summed E-state index contributed by atoms with van der Waals surface area (Å²) < 4.78 is 5.90. The maximum atomic E-state index is 11.8. The van der Waals surface area contributed by atoms with Crippen molar-refractivity contribution in [1.82, 2.24) is 0 Å². The molecule has 1 aromatic rings. The highest BCUT2D eigenvalue weighted by atomic mass is 79.9. The number of amides is 1. The van der Waals surface area contributed by atoms with Crippen LogP contribution in [0.1, 0.15) is 19.8 Å². The molecule has 0 aromatic heterocycles. The van der Waals surface area contributed by atoms with Crippen molar-refractivity contribution >= 4 is 27.5 Å². The van der Waals surface area contributed by atoms with Crippen LogP contribution in [0.25, 0.3) is 0 Å². The largest absolute Gasteiger partial charge is 0.497 e. The molecule has 1 aromatic carbocycles. The molecule has 0 spiro atoms. The normalized spacial score (nSPS) is 12.0. The standard InChI is InChI=1S/C12H17BrN2O2/c1-3-4-10(14)12(16)15-11-7-8(17-2)5-6-9(11)13/h5-7,10H,3-4,14H2,1-2H3,(H,15,16)/t10-/m1/s1. The lowest BCUT2D eigenvalue weighted by atomic mass is 10.1. The van der Waals surface area contributed by atoms with Crippen LogP contribution in [0.15, 0.2) is 22.7 Å². The van der Waals surface area contributed by atoms with Crippen molar-refractivity contribution < 1.29 is 9.53 Å². The Bertz CT molecular complexity index is 396. The minimum atomic E-state index is -0.474. The van der Waals surface area contributed by atoms with E-state index < -0.39 is 6.04 Å². The van der Waals surface area contributed by atoms with Crippen molar-refractivity contribution in [3.05, 3.63) is 22.7 Å². The van der Waals surface area contributed by atoms with Crippen molar-refractivity contribution in [2.24, 2.45) is 5.73 Å². The second-order valence-electron chi connectivity index (χ2n) is 3.73. The number of ether oxygens (including phenoxy) is 1. The van der Waals surface area contributed by atoms with Gasteiger partial charge in [0, 0.05) is 10.5 Å². The van der Waals surface area contributed by atoms with Gasteiger partial charge in [-0.1, -0.05) is 13.3 Å². The number of anilines is 1. The molecule has 0 aliphatic heterocycles. The average Bonchev–Trinajstić information content (AvgIpc) is 2.32. The number of hydrogen-bond donors (Lipinski definition) is 2. The Kier molecular flexibility index (Phi) is 5.44. The van der Waals surface area contributed by atoms with Gasteiger partial charge in [0.15, 0.2) is 0 Å². The molecule has 0 aliphatic carbocycles. The number of benzene rings is 1. The average molecular weight is 301 g/mol. The number of rotatable bonds is 5. The van der Waals surface area contributed by atoms with Crippen LogP contribution >= 0.6 is 15.9 Å². The molecular weight excluding hydrogens is 284 g/mol. The molecule has 4 nitrogen and oxygen atoms in total. The Balaban J connectivity index is 2.76. The first kappa shape index (κ1) is 14.0. The minimum absolute atomic E-state index is 0.180. The summed E-state index contributed by atoms with van der Waals surface area (Å²) >= 11 is 3.37. The summed E-state index contributed by atoms with van der Waals surface area (Å²) in [5.74, 6) is 0.508. The summed E-state index contributed by atoms with van der Waals surface area (Å²) in [5.41, 5.74) is 6.41. The van der Waals surface area contributed by atoms with Gasteiger partial charge in [-0.2, -0.15) is 0 Å². The fourth-order valence-electron chi connectivity index (χ4n) is 1.39. The summed E-state index contributed by atoms with van der Waals surface area (Å²) in [6.45, 7) is 1.99. The van der Waals surface area contributed by atoms with Crippen LogP contribution in [0.4, 0.5) is 5.69 Å². The van der Waals surface area contributed by atoms with Crippen molar-refractivity contribution in [1.29, 1.82) is 0 Å². The van der Waals surface area contributed by atoms with Crippen LogP contribution in [-0.2, 0) is 4.79 Å². The smallest absolute Gasteiger partial charge is 0.241 e. The van der Waals surface area contributed by atoms with Gasteiger partial charge in [-0.05, 0) is 34.5 Å². The van der Waals surface area contributed by atoms with Crippen LogP contribution in [0.2, 0.25) is 0 Å². The van der Waals surface area contributed by atoms with E-state index in [0.717, 1.165) is 10.9 Å². The van der Waals surface area contributed by atoms with Crippen LogP contribution in [0.3, 0.4) is 0 Å². The van der Waals surface area contributed by atoms with Crippen LogP contribution < -0.4 is 15.8 Å². The third-order valence-electron chi connectivity index (χ3n) is 2.37. The first-order chi connectivity index (χ1) is 8.08. The summed E-state index contributed by atoms with van der Waals surface area (Å²) in [7, 11) is 1.58. The molecule has 5 heteroatoms. The zero-order valence-electron chi connectivity index (χ0n) is 10.00. The minimum Gasteiger partial charge on any atom is -0.497 e. The number of carbonyl (C=O) groups is 1. The number of nitrogens with one attached hydrogen (secondary N) is 1. The molecule has 0 aliphatic rings. The Morgan fingerprint density at radius 1 is 1.59 bits per heavy atom. The lowest BCUT2D eigenvalue weighted by Crippen LogP contribution is -2.35. The predicted molar refractivity (Wildman–Crippen MR) is 72.2 cm³/mol. The third kappa shape index (κ3) is 4.02. The fourth-order valence-corrected chi connectivity index (χ4v) is 1.74. The molecule has 0 heterocycles. The van der Waals surface area contributed by atoms with E-state index in [1.54, 1.807) is 13.2 Å². The molecule has 1 rings (SSSR count). The SMILES string of the molecule is CCC[C@@H](N)C(=O)Nc1cc(OC)ccc1Br. The predicted octanol–water partition coefficient (Wildman–Crippen LogP) is 2.52. The molecule has 0 saturated carbocycles. The van der Waals surface area contributed by atoms with E-state index in [1.807, 2.05) is 19.1 Å². The van der Waals surface area contributed by atoms with E-state index in [9.17, 15) is 4.79 Å². The van der Waals surface area contributed by atoms with Crippen molar-refractivity contribution in [3.63, 3.8) is 0 Å². The summed E-state index contributed by atoms with van der Waals surface area (Å²) in [5, 5.41) is 2.78. The molecule has 0 unspecified atom stereocenters. The summed E-state index contributed by atoms with van der Waals surface area (Å²) in [6, 6.07) is 4.91. The molecule has 3 N–H and O–H groups in total. The van der Waals surface area contributed by atoms with E-state index in [-0.39, 0.29) is 5.91 Å². The first-order valence-corrected chi connectivity index (χ1v) is 6.27. The monoisotopic (exact) mass is 300 g/mol. The van der Waals surface area contributed by atoms with Crippen LogP contribution in [0, 0.1) is 0 Å². The number of carbonyl (C=O) groups excluding carboxylic acids is 1. The van der Waals surface area contributed by atoms with Gasteiger partial charge in [0.2, 0.25) is 5.91 Å². The van der Waals surface area contributed by atoms with Crippen molar-refractivity contribution in [3.8, 4) is 5.75 Å². The number of hydrogen-bond acceptors (Lipinski definition) is 3. The second kappa shape index (κ2) is 6.61.